The van der Waals surface area contributed by atoms with E-state index in [-0.39, 0.29) is 264 Å². The molecule has 8 aromatic rings. The average Bonchev–Trinajstić information content (AvgIpc) is 0.800. The third kappa shape index (κ3) is 21.5. The van der Waals surface area contributed by atoms with Crippen molar-refractivity contribution >= 4 is 142 Å². The molecule has 49 heteroatoms. The number of carboxylic acids is 2. The number of rotatable bonds is 16. The van der Waals surface area contributed by atoms with Crippen molar-refractivity contribution in [2.24, 2.45) is 40.9 Å². The van der Waals surface area contributed by atoms with Gasteiger partial charge in [0.15, 0.2) is 0 Å². The topological polar surface area (TPSA) is 679 Å². The van der Waals surface area contributed by atoms with E-state index >= 15 is 0 Å². The Morgan fingerprint density at radius 1 is 0.400 bits per heavy atom. The number of fused-ring (bicyclic) bond motifs is 2. The number of nitrogens with two attached hydrogens (primary N) is 2. The van der Waals surface area contributed by atoms with Crippen LogP contribution in [0.4, 0.5) is 68.2 Å². The minimum absolute atomic E-state index is 0. The first-order chi connectivity index (χ1) is 40.8. The summed E-state index contributed by atoms with van der Waals surface area (Å²) in [5, 5.41) is 144. The number of azo groups is 4. The molecule has 0 heterocycles. The van der Waals surface area contributed by atoms with Crippen LogP contribution in [0.1, 0.15) is 22.1 Å². The van der Waals surface area contributed by atoms with E-state index in [4.69, 9.17) is 11.5 Å². The predicted octanol–water partition coefficient (Wildman–Crippen LogP) is -14.1. The van der Waals surface area contributed by atoms with E-state index in [1.54, 1.807) is 0 Å². The molecule has 0 fully saturated rings. The smallest absolute Gasteiger partial charge is 0.872 e. The van der Waals surface area contributed by atoms with E-state index in [2.05, 4.69) is 40.9 Å². The summed E-state index contributed by atoms with van der Waals surface area (Å²) < 4.78 is 137. The summed E-state index contributed by atoms with van der Waals surface area (Å²) in [5.74, 6) is -10.9. The maximum absolute atomic E-state index is 12.8. The van der Waals surface area contributed by atoms with Gasteiger partial charge < -0.3 is 70.5 Å². The van der Waals surface area contributed by atoms with Gasteiger partial charge in [-0.2, -0.15) is 30.7 Å². The van der Waals surface area contributed by atoms with Crippen LogP contribution in [0.5, 0.6) is 34.5 Å². The van der Waals surface area contributed by atoms with Crippen LogP contribution in [-0.4, -0.2) is 83.9 Å². The summed E-state index contributed by atoms with van der Waals surface area (Å²) in [6.45, 7) is 0. The van der Waals surface area contributed by atoms with Gasteiger partial charge in [0.2, 0.25) is 0 Å². The molecule has 0 unspecified atom stereocenters. The van der Waals surface area contributed by atoms with E-state index in [0.717, 1.165) is 24.3 Å². The summed E-state index contributed by atoms with van der Waals surface area (Å²) in [7, 11) is -21.4. The van der Waals surface area contributed by atoms with Gasteiger partial charge in [-0.1, -0.05) is 46.6 Å². The van der Waals surface area contributed by atoms with Crippen LogP contribution >= 0.6 is 0 Å². The first-order valence-corrected chi connectivity index (χ1v) is 28.1. The number of nitro benzene ring substituents is 2. The third-order valence-corrected chi connectivity index (χ3v) is 14.7. The first kappa shape index (κ1) is 90.0. The van der Waals surface area contributed by atoms with Crippen LogP contribution < -0.4 is 219 Å². The molecule has 8 aromatic carbocycles. The fourth-order valence-corrected chi connectivity index (χ4v) is 9.58. The Morgan fingerprint density at radius 2 is 0.695 bits per heavy atom. The van der Waals surface area contributed by atoms with E-state index < -0.39 is 162 Å². The standard InChI is InChI=1S/2C23H16N6O13S2.Cr.6Na/c2*24-15-2-1-12-13(20(15)28-27-17-8-11(43(37,38)39)7-14(21(17)31)23(33)34)3-9(4-18(12)30)25-26-16-5-10(29(35)36)6-19(22(16)32)44(40,41)42;;;;;;;/h2*1-8,30-32H,24H2,(H,33,34)(H,37,38,39)(H,40,41,42);;;;;;;/q;;+3;6*+1/p-9. The quantitative estimate of drug-likeness (QED) is 0.0174. The maximum atomic E-state index is 12.8. The van der Waals surface area contributed by atoms with Crippen molar-refractivity contribution in [1.82, 2.24) is 0 Å². The van der Waals surface area contributed by atoms with Crippen molar-refractivity contribution in [3.05, 3.63) is 128 Å². The van der Waals surface area contributed by atoms with Gasteiger partial charge in [-0.15, -0.1) is 10.2 Å². The number of hydrogen-bond acceptors (Lipinski definition) is 34. The van der Waals surface area contributed by atoms with Crippen molar-refractivity contribution < 1.29 is 308 Å². The summed E-state index contributed by atoms with van der Waals surface area (Å²) in [6.07, 6.45) is 0. The van der Waals surface area contributed by atoms with Crippen molar-refractivity contribution in [1.29, 1.82) is 0 Å². The van der Waals surface area contributed by atoms with Gasteiger partial charge >= 0.3 is 208 Å². The number of nitro groups is 2. The number of aromatic carboxylic acids is 2. The van der Waals surface area contributed by atoms with Gasteiger partial charge in [0.1, 0.15) is 51.8 Å². The van der Waals surface area contributed by atoms with Crippen molar-refractivity contribution in [3.63, 3.8) is 0 Å². The van der Waals surface area contributed by atoms with E-state index in [0.29, 0.717) is 36.4 Å². The molecule has 0 bridgehead atoms. The number of nitrogen functional groups attached to an aromatic ring is 2. The molecule has 1 radical (unpaired) electrons. The molecule has 6 N–H and O–H groups in total. The number of carboxylic acid groups (broad SMARTS) is 2. The van der Waals surface area contributed by atoms with Crippen LogP contribution in [0.2, 0.25) is 0 Å². The number of benzene rings is 8. The van der Waals surface area contributed by atoms with E-state index in [9.17, 15) is 123 Å². The Kier molecular flexibility index (Phi) is 33.8. The normalized spacial score (nSPS) is 11.4. The molecule has 0 saturated carbocycles. The average molecular weight is 1480 g/mol. The van der Waals surface area contributed by atoms with Crippen molar-refractivity contribution in [3.8, 4) is 34.5 Å². The Labute approximate surface area is 676 Å². The number of non-ortho nitro benzene ring substituents is 2. The molecule has 0 spiro atoms. The number of hydrogen-bond donors (Lipinski definition) is 4. The second-order valence-electron chi connectivity index (χ2n) is 17.0. The number of carbonyl (C=O) groups is 2. The summed E-state index contributed by atoms with van der Waals surface area (Å²) in [6, 6.07) is 12.1. The summed E-state index contributed by atoms with van der Waals surface area (Å²) >= 11 is 0. The molecule has 0 aliphatic carbocycles. The van der Waals surface area contributed by atoms with Crippen LogP contribution in [0.25, 0.3) is 21.5 Å². The Morgan fingerprint density at radius 3 is 0.968 bits per heavy atom. The van der Waals surface area contributed by atoms with Crippen LogP contribution in [-0.2, 0) is 57.8 Å². The fourth-order valence-electron chi connectivity index (χ4n) is 7.35. The van der Waals surface area contributed by atoms with Crippen LogP contribution in [0.15, 0.2) is 158 Å². The third-order valence-electron chi connectivity index (χ3n) is 11.4. The van der Waals surface area contributed by atoms with Gasteiger partial charge in [0.05, 0.1) is 86.1 Å². The minimum atomic E-state index is -5.45. The van der Waals surface area contributed by atoms with Crippen molar-refractivity contribution in [2.45, 2.75) is 19.6 Å². The second kappa shape index (κ2) is 35.7. The molecule has 95 heavy (non-hydrogen) atoms. The zero-order valence-electron chi connectivity index (χ0n) is 49.6. The molecule has 8 rings (SSSR count). The van der Waals surface area contributed by atoms with E-state index in [1.165, 1.54) is 24.3 Å². The van der Waals surface area contributed by atoms with Crippen LogP contribution in [0, 0.1) is 20.2 Å². The summed E-state index contributed by atoms with van der Waals surface area (Å²) in [5.41, 5.74) is 2.38. The molecule has 0 aliphatic heterocycles. The molecule has 0 aliphatic rings. The molecular formula is C46H23CrN12Na6O26S4. The molecule has 0 aromatic heterocycles. The zero-order valence-corrected chi connectivity index (χ0v) is 65.1. The summed E-state index contributed by atoms with van der Waals surface area (Å²) in [4.78, 5) is 37.8. The maximum Gasteiger partial charge on any atom is 3.00 e. The van der Waals surface area contributed by atoms with Gasteiger partial charge in [0, 0.05) is 35.0 Å². The monoisotopic (exact) mass is 1480 g/mol. The zero-order chi connectivity index (χ0) is 65.4. The van der Waals surface area contributed by atoms with Gasteiger partial charge in [-0.25, -0.2) is 43.3 Å². The van der Waals surface area contributed by atoms with Crippen LogP contribution in [0.3, 0.4) is 0 Å². The van der Waals surface area contributed by atoms with Gasteiger partial charge in [0.25, 0.3) is 11.4 Å². The molecule has 0 saturated heterocycles. The van der Waals surface area contributed by atoms with Gasteiger partial charge in [-0.05, 0) is 71.4 Å². The SMILES string of the molecule is Nc1ccc2c([O-])cc(N=Nc3cc([N+](=O)[O-])cc(S(=O)(=O)[O-])c3[O-])cc2c1N=Nc1cc(S(=O)(=O)[O-])cc(C(=O)O)c1[O-].Nc1ccc2c([O-])cc(N=Nc3cc([N+](=O)[O-])cc(S(=O)(=O)[O-])c3[O-])cc2c1N=Nc1cc(S(=O)(=O)[O-])cc(C(=O)O)c1[O-].[Cr+3].[H+].[Na+].[Na+].[Na+].[Na+].[Na+].[Na+]. The Balaban J connectivity index is 0. The van der Waals surface area contributed by atoms with Crippen molar-refractivity contribution in [2.75, 3.05) is 11.5 Å². The number of nitrogens with zero attached hydrogens (tertiary/aromatic N) is 10. The number of anilines is 2. The molecule has 0 atom stereocenters. The Hall–Kier alpha value is -5.01. The minimum Gasteiger partial charge on any atom is -0.872 e. The second-order valence-corrected chi connectivity index (χ2v) is 22.5. The molecule has 38 nitrogen and oxygen atoms in total. The van der Waals surface area contributed by atoms with Gasteiger partial charge in [-0.3, -0.25) is 20.2 Å². The Bertz CT molecular complexity index is 4720. The largest absolute Gasteiger partial charge is 3.00 e. The molecule has 0 amide bonds. The predicted molar refractivity (Wildman–Crippen MR) is 276 cm³/mol. The fraction of sp³-hybridized carbons (Fsp3) is 0. The molecular weight excluding hydrogens is 1450 g/mol. The first-order valence-electron chi connectivity index (χ1n) is 22.5. The molecule has 459 valence electrons. The van der Waals surface area contributed by atoms with E-state index in [1.807, 2.05) is 0 Å².